The fourth-order valence-corrected chi connectivity index (χ4v) is 4.35. The van der Waals surface area contributed by atoms with Crippen LogP contribution in [-0.2, 0) is 32.8 Å². The number of amides is 1. The smallest absolute Gasteiger partial charge is 0.328 e. The minimum Gasteiger partial charge on any atom is -0.489 e. The molecule has 4 aromatic rings. The number of nitrogens with one attached hydrogen (secondary N) is 1. The molecule has 0 aromatic heterocycles. The minimum absolute atomic E-state index is 0.264. The lowest BCUT2D eigenvalue weighted by molar-refractivity contribution is -0.145. The lowest BCUT2D eigenvalue weighted by atomic mass is 9.75. The van der Waals surface area contributed by atoms with Crippen LogP contribution in [0.2, 0.25) is 0 Å². The number of rotatable bonds is 10. The molecule has 1 N–H and O–H groups in total. The number of ether oxygens (including phenoxy) is 2. The lowest BCUT2D eigenvalue weighted by Crippen LogP contribution is -2.51. The van der Waals surface area contributed by atoms with Gasteiger partial charge in [-0.15, -0.1) is 0 Å². The Morgan fingerprint density at radius 1 is 0.757 bits per heavy atom. The number of benzene rings is 4. The maximum absolute atomic E-state index is 13.9. The summed E-state index contributed by atoms with van der Waals surface area (Å²) in [6, 6.07) is 35.7. The molecule has 0 radical (unpaired) electrons. The van der Waals surface area contributed by atoms with Crippen molar-refractivity contribution in [1.82, 2.24) is 5.32 Å². The molecular weight excluding hydrogens is 462 g/mol. The van der Waals surface area contributed by atoms with Gasteiger partial charge in [0, 0.05) is 6.42 Å². The SMILES string of the molecule is COC(=O)[C@@H](Cc1cccc(OCc2ccccc2)c1)NC(=O)C(C)(c1ccccc1)c1ccccc1. The van der Waals surface area contributed by atoms with Gasteiger partial charge in [-0.2, -0.15) is 0 Å². The van der Waals surface area contributed by atoms with Crippen LogP contribution in [0.15, 0.2) is 115 Å². The first-order valence-corrected chi connectivity index (χ1v) is 12.3. The van der Waals surface area contributed by atoms with E-state index in [0.29, 0.717) is 12.4 Å². The predicted molar refractivity (Wildman–Crippen MR) is 144 cm³/mol. The number of esters is 1. The molecule has 1 amide bonds. The van der Waals surface area contributed by atoms with Gasteiger partial charge in [0.2, 0.25) is 5.91 Å². The van der Waals surface area contributed by atoms with Crippen LogP contribution >= 0.6 is 0 Å². The Labute approximate surface area is 218 Å². The van der Waals surface area contributed by atoms with Crippen molar-refractivity contribution in [3.05, 3.63) is 138 Å². The van der Waals surface area contributed by atoms with Crippen molar-refractivity contribution in [3.8, 4) is 5.75 Å². The second-order valence-electron chi connectivity index (χ2n) is 9.03. The first-order valence-electron chi connectivity index (χ1n) is 12.3. The Bertz CT molecular complexity index is 1270. The van der Waals surface area contributed by atoms with E-state index in [1.807, 2.05) is 122 Å². The fourth-order valence-electron chi connectivity index (χ4n) is 4.35. The number of hydrogen-bond donors (Lipinski definition) is 1. The highest BCUT2D eigenvalue weighted by Crippen LogP contribution is 2.32. The molecule has 37 heavy (non-hydrogen) atoms. The van der Waals surface area contributed by atoms with Crippen molar-refractivity contribution < 1.29 is 19.1 Å². The summed E-state index contributed by atoms with van der Waals surface area (Å²) in [6.45, 7) is 2.31. The van der Waals surface area contributed by atoms with Gasteiger partial charge in [-0.3, -0.25) is 4.79 Å². The van der Waals surface area contributed by atoms with E-state index in [1.54, 1.807) is 0 Å². The van der Waals surface area contributed by atoms with E-state index in [-0.39, 0.29) is 12.3 Å². The number of carbonyl (C=O) groups excluding carboxylic acids is 2. The van der Waals surface area contributed by atoms with Crippen LogP contribution in [0.25, 0.3) is 0 Å². The van der Waals surface area contributed by atoms with Gasteiger partial charge >= 0.3 is 5.97 Å². The molecule has 0 spiro atoms. The standard InChI is InChI=1S/C32H31NO4/c1-32(26-16-8-4-9-17-26,27-18-10-5-11-19-27)31(35)33-29(30(34)36-2)22-25-15-12-20-28(21-25)37-23-24-13-6-3-7-14-24/h3-21,29H,22-23H2,1-2H3,(H,33,35)/t29-/m1/s1. The third-order valence-corrected chi connectivity index (χ3v) is 6.53. The molecular formula is C32H31NO4. The van der Waals surface area contributed by atoms with Crippen molar-refractivity contribution in [3.63, 3.8) is 0 Å². The zero-order valence-corrected chi connectivity index (χ0v) is 21.1. The molecule has 4 rings (SSSR count). The van der Waals surface area contributed by atoms with E-state index in [1.165, 1.54) is 7.11 Å². The summed E-state index contributed by atoms with van der Waals surface area (Å²) in [7, 11) is 1.33. The Balaban J connectivity index is 1.55. The summed E-state index contributed by atoms with van der Waals surface area (Å²) in [5.41, 5.74) is 2.57. The maximum Gasteiger partial charge on any atom is 0.328 e. The number of hydrogen-bond acceptors (Lipinski definition) is 4. The molecule has 4 aromatic carbocycles. The molecule has 0 heterocycles. The average Bonchev–Trinajstić information content (AvgIpc) is 2.96. The molecule has 5 nitrogen and oxygen atoms in total. The van der Waals surface area contributed by atoms with E-state index in [2.05, 4.69) is 5.32 Å². The van der Waals surface area contributed by atoms with Gasteiger partial charge in [-0.05, 0) is 41.3 Å². The van der Waals surface area contributed by atoms with Crippen LogP contribution < -0.4 is 10.1 Å². The monoisotopic (exact) mass is 493 g/mol. The predicted octanol–water partition coefficient (Wildman–Crippen LogP) is 5.47. The molecule has 0 saturated carbocycles. The van der Waals surface area contributed by atoms with Crippen molar-refractivity contribution in [2.75, 3.05) is 7.11 Å². The van der Waals surface area contributed by atoms with Gasteiger partial charge in [0.1, 0.15) is 18.4 Å². The summed E-state index contributed by atoms with van der Waals surface area (Å²) in [5.74, 6) is -0.0982. The molecule has 188 valence electrons. The molecule has 0 bridgehead atoms. The fraction of sp³-hybridized carbons (Fsp3) is 0.188. The largest absolute Gasteiger partial charge is 0.489 e. The third-order valence-electron chi connectivity index (χ3n) is 6.53. The molecule has 0 aliphatic rings. The van der Waals surface area contributed by atoms with Gasteiger partial charge in [0.15, 0.2) is 0 Å². The van der Waals surface area contributed by atoms with Gasteiger partial charge < -0.3 is 14.8 Å². The molecule has 0 saturated heterocycles. The van der Waals surface area contributed by atoms with Gasteiger partial charge in [0.25, 0.3) is 0 Å². The van der Waals surface area contributed by atoms with Crippen molar-refractivity contribution in [1.29, 1.82) is 0 Å². The first-order chi connectivity index (χ1) is 18.0. The average molecular weight is 494 g/mol. The quantitative estimate of drug-likeness (QED) is 0.298. The van der Waals surface area contributed by atoms with Crippen LogP contribution in [0, 0.1) is 0 Å². The Kier molecular flexibility index (Phi) is 8.37. The zero-order chi connectivity index (χ0) is 26.1. The Morgan fingerprint density at radius 3 is 1.86 bits per heavy atom. The Hall–Kier alpha value is -4.38. The van der Waals surface area contributed by atoms with Crippen LogP contribution in [0.4, 0.5) is 0 Å². The summed E-state index contributed by atoms with van der Waals surface area (Å²) in [5, 5.41) is 2.98. The molecule has 0 unspecified atom stereocenters. The van der Waals surface area contributed by atoms with E-state index < -0.39 is 17.4 Å². The van der Waals surface area contributed by atoms with Crippen molar-refractivity contribution >= 4 is 11.9 Å². The normalized spacial score (nSPS) is 11.8. The summed E-state index contributed by atoms with van der Waals surface area (Å²) < 4.78 is 11.0. The molecule has 1 atom stereocenters. The van der Waals surface area contributed by atoms with E-state index in [4.69, 9.17) is 9.47 Å². The highest BCUT2D eigenvalue weighted by atomic mass is 16.5. The van der Waals surface area contributed by atoms with Crippen LogP contribution in [-0.4, -0.2) is 25.0 Å². The molecule has 5 heteroatoms. The second-order valence-corrected chi connectivity index (χ2v) is 9.03. The van der Waals surface area contributed by atoms with E-state index in [0.717, 1.165) is 22.3 Å². The highest BCUT2D eigenvalue weighted by Gasteiger charge is 2.39. The zero-order valence-electron chi connectivity index (χ0n) is 21.1. The minimum atomic E-state index is -1.00. The van der Waals surface area contributed by atoms with Crippen LogP contribution in [0.5, 0.6) is 5.75 Å². The molecule has 0 aliphatic heterocycles. The molecule has 0 aliphatic carbocycles. The summed E-state index contributed by atoms with van der Waals surface area (Å²) in [4.78, 5) is 26.6. The van der Waals surface area contributed by atoms with Crippen molar-refractivity contribution in [2.45, 2.75) is 31.4 Å². The van der Waals surface area contributed by atoms with Crippen molar-refractivity contribution in [2.24, 2.45) is 0 Å². The second kappa shape index (κ2) is 12.0. The number of carbonyl (C=O) groups is 2. The molecule has 0 fully saturated rings. The first kappa shape index (κ1) is 25.7. The van der Waals surface area contributed by atoms with Gasteiger partial charge in [-0.25, -0.2) is 4.79 Å². The number of methoxy groups -OCH3 is 1. The third kappa shape index (κ3) is 6.25. The topological polar surface area (TPSA) is 64.6 Å². The summed E-state index contributed by atoms with van der Waals surface area (Å²) in [6.07, 6.45) is 0.264. The Morgan fingerprint density at radius 2 is 1.30 bits per heavy atom. The van der Waals surface area contributed by atoms with Crippen LogP contribution in [0.1, 0.15) is 29.2 Å². The van der Waals surface area contributed by atoms with Gasteiger partial charge in [0.05, 0.1) is 12.5 Å². The summed E-state index contributed by atoms with van der Waals surface area (Å²) >= 11 is 0. The highest BCUT2D eigenvalue weighted by molar-refractivity contribution is 5.94. The van der Waals surface area contributed by atoms with Gasteiger partial charge in [-0.1, -0.05) is 103 Å². The van der Waals surface area contributed by atoms with E-state index >= 15 is 0 Å². The van der Waals surface area contributed by atoms with Crippen LogP contribution in [0.3, 0.4) is 0 Å². The lowest BCUT2D eigenvalue weighted by Gasteiger charge is -2.31. The van der Waals surface area contributed by atoms with E-state index in [9.17, 15) is 9.59 Å². The maximum atomic E-state index is 13.9.